The Labute approximate surface area is 178 Å². The molecule has 0 aliphatic carbocycles. The van der Waals surface area contributed by atoms with Crippen LogP contribution in [0.25, 0.3) is 11.2 Å². The van der Waals surface area contributed by atoms with Crippen molar-refractivity contribution in [2.24, 2.45) is 12.8 Å². The van der Waals surface area contributed by atoms with Gasteiger partial charge in [-0.05, 0) is 37.5 Å². The monoisotopic (exact) mass is 424 g/mol. The van der Waals surface area contributed by atoms with Crippen LogP contribution in [0, 0.1) is 17.7 Å². The number of rotatable bonds is 4. The van der Waals surface area contributed by atoms with Gasteiger partial charge in [-0.2, -0.15) is 4.98 Å². The van der Waals surface area contributed by atoms with Crippen molar-refractivity contribution in [3.8, 4) is 11.8 Å². The molecule has 0 amide bonds. The van der Waals surface area contributed by atoms with E-state index in [4.69, 9.17) is 5.73 Å². The molecule has 0 bridgehead atoms. The van der Waals surface area contributed by atoms with Crippen molar-refractivity contribution < 1.29 is 4.39 Å². The maximum Gasteiger partial charge on any atom is 0.332 e. The van der Waals surface area contributed by atoms with Crippen LogP contribution in [0.4, 0.5) is 10.3 Å². The average molecular weight is 424 g/mol. The number of nitrogens with two attached hydrogens (primary N) is 1. The Morgan fingerprint density at radius 2 is 1.97 bits per heavy atom. The number of halogens is 1. The highest BCUT2D eigenvalue weighted by Gasteiger charge is 2.26. The molecule has 1 atom stereocenters. The van der Waals surface area contributed by atoms with Crippen molar-refractivity contribution in [2.45, 2.75) is 38.9 Å². The van der Waals surface area contributed by atoms with E-state index in [2.05, 4.69) is 21.7 Å². The maximum absolute atomic E-state index is 13.4. The van der Waals surface area contributed by atoms with Gasteiger partial charge in [0, 0.05) is 26.2 Å². The first-order valence-electron chi connectivity index (χ1n) is 10.3. The zero-order valence-electron chi connectivity index (χ0n) is 17.6. The van der Waals surface area contributed by atoms with Gasteiger partial charge in [0.05, 0.1) is 13.1 Å². The topological polar surface area (TPSA) is 91.1 Å². The second kappa shape index (κ2) is 8.40. The molecule has 9 heteroatoms. The van der Waals surface area contributed by atoms with Gasteiger partial charge in [0.15, 0.2) is 11.2 Å². The first kappa shape index (κ1) is 20.9. The van der Waals surface area contributed by atoms with Crippen molar-refractivity contribution in [1.29, 1.82) is 0 Å². The molecule has 0 radical (unpaired) electrons. The fraction of sp³-hybridized carbons (Fsp3) is 0.409. The van der Waals surface area contributed by atoms with Crippen LogP contribution in [-0.2, 0) is 20.1 Å². The van der Waals surface area contributed by atoms with E-state index in [0.717, 1.165) is 24.0 Å². The summed E-state index contributed by atoms with van der Waals surface area (Å²) in [5.74, 6) is 6.09. The summed E-state index contributed by atoms with van der Waals surface area (Å²) in [4.78, 5) is 33.1. The minimum atomic E-state index is -0.477. The molecule has 1 saturated heterocycles. The fourth-order valence-electron chi connectivity index (χ4n) is 4.01. The van der Waals surface area contributed by atoms with Crippen molar-refractivity contribution in [1.82, 2.24) is 18.7 Å². The van der Waals surface area contributed by atoms with Crippen molar-refractivity contribution in [3.63, 3.8) is 0 Å². The zero-order chi connectivity index (χ0) is 22.1. The molecule has 3 heterocycles. The SMILES string of the molecule is CC#CCn1c(N2CCC[C@@H](N)C2)nc2c1c(=O)n(Cc1ccc(F)cc1)c(=O)n2C. The number of hydrogen-bond acceptors (Lipinski definition) is 5. The molecule has 0 spiro atoms. The summed E-state index contributed by atoms with van der Waals surface area (Å²) >= 11 is 0. The minimum absolute atomic E-state index is 0.0261. The van der Waals surface area contributed by atoms with Gasteiger partial charge >= 0.3 is 5.69 Å². The quantitative estimate of drug-likeness (QED) is 0.632. The zero-order valence-corrected chi connectivity index (χ0v) is 17.6. The maximum atomic E-state index is 13.4. The smallest absolute Gasteiger partial charge is 0.332 e. The average Bonchev–Trinajstić information content (AvgIpc) is 3.15. The Hall–Kier alpha value is -3.38. The van der Waals surface area contributed by atoms with E-state index in [1.807, 2.05) is 0 Å². The summed E-state index contributed by atoms with van der Waals surface area (Å²) in [6.45, 7) is 3.45. The number of benzene rings is 1. The number of aromatic nitrogens is 4. The van der Waals surface area contributed by atoms with Crippen LogP contribution >= 0.6 is 0 Å². The standard InChI is InChI=1S/C22H25FN6O2/c1-3-4-12-28-18-19(25-21(28)27-11-5-6-17(24)14-27)26(2)22(31)29(20(18)30)13-15-7-9-16(23)10-8-15/h7-10,17H,5-6,11-14,24H2,1-2H3/t17-/m1/s1. The van der Waals surface area contributed by atoms with Crippen LogP contribution in [0.1, 0.15) is 25.3 Å². The normalized spacial score (nSPS) is 16.4. The van der Waals surface area contributed by atoms with Gasteiger partial charge in [-0.1, -0.05) is 18.1 Å². The van der Waals surface area contributed by atoms with Gasteiger partial charge < -0.3 is 10.6 Å². The lowest BCUT2D eigenvalue weighted by molar-refractivity contribution is 0.496. The number of nitrogens with zero attached hydrogens (tertiary/aromatic N) is 5. The Kier molecular flexibility index (Phi) is 5.65. The van der Waals surface area contributed by atoms with Gasteiger partial charge in [0.2, 0.25) is 5.95 Å². The third-order valence-corrected chi connectivity index (χ3v) is 5.62. The number of fused-ring (bicyclic) bond motifs is 1. The lowest BCUT2D eigenvalue weighted by Crippen LogP contribution is -2.44. The predicted octanol–water partition coefficient (Wildman–Crippen LogP) is 1.03. The Morgan fingerprint density at radius 1 is 1.23 bits per heavy atom. The first-order valence-corrected chi connectivity index (χ1v) is 10.3. The van der Waals surface area contributed by atoms with Crippen molar-refractivity contribution >= 4 is 17.1 Å². The molecule has 8 nitrogen and oxygen atoms in total. The third kappa shape index (κ3) is 3.86. The summed E-state index contributed by atoms with van der Waals surface area (Å²) < 4.78 is 17.6. The van der Waals surface area contributed by atoms with E-state index in [-0.39, 0.29) is 24.9 Å². The molecule has 0 saturated carbocycles. The number of piperidine rings is 1. The molecule has 0 unspecified atom stereocenters. The lowest BCUT2D eigenvalue weighted by Gasteiger charge is -2.31. The molecule has 31 heavy (non-hydrogen) atoms. The fourth-order valence-corrected chi connectivity index (χ4v) is 4.01. The summed E-state index contributed by atoms with van der Waals surface area (Å²) in [6.07, 6.45) is 1.87. The molecule has 1 aromatic carbocycles. The molecule has 2 N–H and O–H groups in total. The van der Waals surface area contributed by atoms with E-state index < -0.39 is 11.2 Å². The van der Waals surface area contributed by atoms with Gasteiger partial charge in [-0.15, -0.1) is 5.92 Å². The van der Waals surface area contributed by atoms with Crippen LogP contribution in [0.3, 0.4) is 0 Å². The molecule has 1 aliphatic heterocycles. The Bertz CT molecular complexity index is 1290. The molecule has 3 aromatic rings. The van der Waals surface area contributed by atoms with Crippen LogP contribution < -0.4 is 21.9 Å². The lowest BCUT2D eigenvalue weighted by atomic mass is 10.1. The first-order chi connectivity index (χ1) is 14.9. The molecule has 1 fully saturated rings. The number of aryl methyl sites for hydroxylation is 1. The predicted molar refractivity (Wildman–Crippen MR) is 118 cm³/mol. The van der Waals surface area contributed by atoms with Gasteiger partial charge in [-0.3, -0.25) is 18.5 Å². The number of imidazole rings is 1. The largest absolute Gasteiger partial charge is 0.341 e. The highest BCUT2D eigenvalue weighted by atomic mass is 19.1. The highest BCUT2D eigenvalue weighted by molar-refractivity contribution is 5.75. The molecule has 2 aromatic heterocycles. The molecular weight excluding hydrogens is 399 g/mol. The van der Waals surface area contributed by atoms with Gasteiger partial charge in [0.1, 0.15) is 5.82 Å². The summed E-state index contributed by atoms with van der Waals surface area (Å²) in [5.41, 5.74) is 6.53. The van der Waals surface area contributed by atoms with E-state index in [9.17, 15) is 14.0 Å². The van der Waals surface area contributed by atoms with E-state index in [1.165, 1.54) is 16.7 Å². The Balaban J connectivity index is 1.91. The van der Waals surface area contributed by atoms with Gasteiger partial charge in [0.25, 0.3) is 5.56 Å². The minimum Gasteiger partial charge on any atom is -0.341 e. The summed E-state index contributed by atoms with van der Waals surface area (Å²) in [5, 5.41) is 0. The van der Waals surface area contributed by atoms with Crippen molar-refractivity contribution in [3.05, 3.63) is 56.5 Å². The van der Waals surface area contributed by atoms with Crippen LogP contribution in [-0.4, -0.2) is 37.8 Å². The second-order valence-corrected chi connectivity index (χ2v) is 7.80. The van der Waals surface area contributed by atoms with E-state index in [0.29, 0.717) is 29.2 Å². The summed E-state index contributed by atoms with van der Waals surface area (Å²) in [6, 6.07) is 5.76. The van der Waals surface area contributed by atoms with Crippen LogP contribution in [0.2, 0.25) is 0 Å². The molecular formula is C22H25FN6O2. The number of hydrogen-bond donors (Lipinski definition) is 1. The number of anilines is 1. The van der Waals surface area contributed by atoms with Crippen molar-refractivity contribution in [2.75, 3.05) is 18.0 Å². The van der Waals surface area contributed by atoms with Crippen LogP contribution in [0.5, 0.6) is 0 Å². The second-order valence-electron chi connectivity index (χ2n) is 7.80. The van der Waals surface area contributed by atoms with Crippen LogP contribution in [0.15, 0.2) is 33.9 Å². The van der Waals surface area contributed by atoms with E-state index in [1.54, 1.807) is 30.7 Å². The highest BCUT2D eigenvalue weighted by Crippen LogP contribution is 2.22. The molecule has 4 rings (SSSR count). The summed E-state index contributed by atoms with van der Waals surface area (Å²) in [7, 11) is 1.60. The molecule has 162 valence electrons. The van der Waals surface area contributed by atoms with E-state index >= 15 is 0 Å². The Morgan fingerprint density at radius 3 is 2.65 bits per heavy atom. The van der Waals surface area contributed by atoms with Gasteiger partial charge in [-0.25, -0.2) is 9.18 Å². The molecule has 1 aliphatic rings. The third-order valence-electron chi connectivity index (χ3n) is 5.62.